The van der Waals surface area contributed by atoms with Crippen LogP contribution in [-0.2, 0) is 5.41 Å². The predicted molar refractivity (Wildman–Crippen MR) is 196 cm³/mol. The molecule has 1 spiro atoms. The van der Waals surface area contributed by atoms with Gasteiger partial charge in [-0.2, -0.15) is 0 Å². The fourth-order valence-electron chi connectivity index (χ4n) is 8.81. The Bertz CT molecular complexity index is 2430. The highest BCUT2D eigenvalue weighted by Crippen LogP contribution is 2.67. The molecule has 10 rings (SSSR count). The summed E-state index contributed by atoms with van der Waals surface area (Å²) in [5.74, 6) is 1.56. The van der Waals surface area contributed by atoms with Crippen LogP contribution < -0.4 is 0 Å². The topological polar surface area (TPSA) is 17.8 Å². The van der Waals surface area contributed by atoms with Crippen LogP contribution in [0.25, 0.3) is 50.4 Å². The van der Waals surface area contributed by atoms with E-state index in [9.17, 15) is 0 Å². The minimum atomic E-state index is -0.257. The number of fused-ring (bicyclic) bond motifs is 11. The third-order valence-corrected chi connectivity index (χ3v) is 11.3. The average molecular weight is 666 g/mol. The van der Waals surface area contributed by atoms with Gasteiger partial charge in [-0.3, -0.25) is 4.57 Å². The molecule has 3 heteroatoms. The summed E-state index contributed by atoms with van der Waals surface area (Å²) in [7, 11) is 0. The van der Waals surface area contributed by atoms with Crippen molar-refractivity contribution in [1.29, 1.82) is 0 Å². The van der Waals surface area contributed by atoms with Crippen LogP contribution in [0.15, 0.2) is 168 Å². The molecule has 3 atom stereocenters. The van der Waals surface area contributed by atoms with Crippen LogP contribution >= 0.6 is 15.9 Å². The maximum atomic E-state index is 5.06. The van der Waals surface area contributed by atoms with Gasteiger partial charge < -0.3 is 0 Å². The van der Waals surface area contributed by atoms with Gasteiger partial charge in [0, 0.05) is 27.6 Å². The largest absolute Gasteiger partial charge is 0.292 e. The zero-order valence-corrected chi connectivity index (χ0v) is 27.1. The van der Waals surface area contributed by atoms with Crippen molar-refractivity contribution >= 4 is 27.0 Å². The number of rotatable bonds is 3. The summed E-state index contributed by atoms with van der Waals surface area (Å²) in [6.45, 7) is 0. The van der Waals surface area contributed by atoms with E-state index < -0.39 is 0 Å². The standard InChI is InChI=1S/C44H29BrN2/c45-38-21-11-20-37-42(38)33-15-5-7-18-35(33)44(37)34-17-6-4-14-32(34)41-31(16-10-19-36(41)44)28-24-26-30(27-25-28)47-40-23-9-8-22-39(40)46-43(47)29-12-2-1-3-13-29/h1-27,33,35H. The number of halogens is 1. The first-order valence-corrected chi connectivity index (χ1v) is 17.1. The molecule has 0 N–H and O–H groups in total. The number of benzene rings is 6. The van der Waals surface area contributed by atoms with Gasteiger partial charge >= 0.3 is 0 Å². The van der Waals surface area contributed by atoms with Crippen molar-refractivity contribution in [2.75, 3.05) is 0 Å². The molecule has 0 radical (unpaired) electrons. The van der Waals surface area contributed by atoms with Gasteiger partial charge in [0.1, 0.15) is 5.82 Å². The molecule has 7 aromatic rings. The summed E-state index contributed by atoms with van der Waals surface area (Å²) in [4.78, 5) is 5.06. The molecule has 0 aliphatic heterocycles. The van der Waals surface area contributed by atoms with Gasteiger partial charge in [-0.1, -0.05) is 149 Å². The van der Waals surface area contributed by atoms with Crippen molar-refractivity contribution in [3.63, 3.8) is 0 Å². The van der Waals surface area contributed by atoms with E-state index in [0.29, 0.717) is 11.8 Å². The first-order valence-electron chi connectivity index (χ1n) is 16.3. The molecule has 6 aromatic carbocycles. The Morgan fingerprint density at radius 3 is 2.17 bits per heavy atom. The van der Waals surface area contributed by atoms with Crippen molar-refractivity contribution in [1.82, 2.24) is 9.55 Å². The molecule has 222 valence electrons. The second-order valence-electron chi connectivity index (χ2n) is 12.8. The SMILES string of the molecule is Brc1cccc2c1C1C=CC=CC1C21c2ccccc2-c2c(-c3ccc(-n4c(-c5ccccc5)nc5ccccc54)cc3)cccc21. The summed E-state index contributed by atoms with van der Waals surface area (Å²) in [5, 5.41) is 0. The first kappa shape index (κ1) is 26.9. The quantitative estimate of drug-likeness (QED) is 0.184. The summed E-state index contributed by atoms with van der Waals surface area (Å²) in [5.41, 5.74) is 14.8. The first-order chi connectivity index (χ1) is 23.2. The van der Waals surface area contributed by atoms with Gasteiger partial charge in [-0.25, -0.2) is 4.98 Å². The van der Waals surface area contributed by atoms with Crippen molar-refractivity contribution in [3.05, 3.63) is 191 Å². The number of aromatic nitrogens is 2. The third-order valence-electron chi connectivity index (χ3n) is 10.6. The van der Waals surface area contributed by atoms with Crippen LogP contribution in [0.1, 0.15) is 28.2 Å². The monoisotopic (exact) mass is 664 g/mol. The van der Waals surface area contributed by atoms with Gasteiger partial charge in [0.2, 0.25) is 0 Å². The van der Waals surface area contributed by atoms with Crippen molar-refractivity contribution < 1.29 is 0 Å². The van der Waals surface area contributed by atoms with Crippen LogP contribution in [0.2, 0.25) is 0 Å². The fourth-order valence-corrected chi connectivity index (χ4v) is 9.44. The van der Waals surface area contributed by atoms with Gasteiger partial charge in [-0.05, 0) is 74.8 Å². The van der Waals surface area contributed by atoms with E-state index in [1.807, 2.05) is 0 Å². The number of imidazole rings is 1. The van der Waals surface area contributed by atoms with Gasteiger partial charge in [-0.15, -0.1) is 0 Å². The molecule has 2 nitrogen and oxygen atoms in total. The van der Waals surface area contributed by atoms with E-state index in [4.69, 9.17) is 4.98 Å². The molecule has 3 aliphatic carbocycles. The molecule has 3 unspecified atom stereocenters. The Balaban J connectivity index is 1.17. The molecule has 3 aliphatic rings. The highest BCUT2D eigenvalue weighted by atomic mass is 79.9. The molecule has 0 fully saturated rings. The van der Waals surface area contributed by atoms with Gasteiger partial charge in [0.25, 0.3) is 0 Å². The number of allylic oxidation sites excluding steroid dienone is 4. The van der Waals surface area contributed by atoms with Gasteiger partial charge in [0.05, 0.1) is 16.4 Å². The van der Waals surface area contributed by atoms with Crippen molar-refractivity contribution in [2.24, 2.45) is 5.92 Å². The van der Waals surface area contributed by atoms with Crippen molar-refractivity contribution in [2.45, 2.75) is 11.3 Å². The minimum Gasteiger partial charge on any atom is -0.292 e. The molecule has 0 saturated carbocycles. The van der Waals surface area contributed by atoms with Crippen LogP contribution in [0.5, 0.6) is 0 Å². The van der Waals surface area contributed by atoms with Crippen LogP contribution in [-0.4, -0.2) is 9.55 Å². The van der Waals surface area contributed by atoms with E-state index in [1.165, 1.54) is 49.0 Å². The lowest BCUT2D eigenvalue weighted by Gasteiger charge is -2.36. The van der Waals surface area contributed by atoms with Gasteiger partial charge in [0.15, 0.2) is 0 Å². The molecular weight excluding hydrogens is 636 g/mol. The summed E-state index contributed by atoms with van der Waals surface area (Å²) < 4.78 is 3.48. The van der Waals surface area contributed by atoms with E-state index in [2.05, 4.69) is 184 Å². The number of para-hydroxylation sites is 2. The maximum absolute atomic E-state index is 5.06. The van der Waals surface area contributed by atoms with Crippen LogP contribution in [0.3, 0.4) is 0 Å². The summed E-state index contributed by atoms with van der Waals surface area (Å²) in [6, 6.07) is 50.8. The number of nitrogens with zero attached hydrogens (tertiary/aromatic N) is 2. The average Bonchev–Trinajstić information content (AvgIpc) is 3.77. The normalized spacial score (nSPS) is 19.9. The fraction of sp³-hybridized carbons (Fsp3) is 0.0682. The zero-order valence-electron chi connectivity index (χ0n) is 25.5. The van der Waals surface area contributed by atoms with Crippen LogP contribution in [0.4, 0.5) is 0 Å². The Kier molecular flexibility index (Phi) is 5.80. The lowest BCUT2D eigenvalue weighted by atomic mass is 9.65. The second kappa shape index (κ2) is 10.1. The molecule has 1 heterocycles. The number of hydrogen-bond donors (Lipinski definition) is 0. The predicted octanol–water partition coefficient (Wildman–Crippen LogP) is 11.3. The third kappa shape index (κ3) is 3.63. The molecule has 1 aromatic heterocycles. The molecule has 47 heavy (non-hydrogen) atoms. The Hall–Kier alpha value is -5.25. The molecule has 0 amide bonds. The Morgan fingerprint density at radius 2 is 1.28 bits per heavy atom. The minimum absolute atomic E-state index is 0.257. The van der Waals surface area contributed by atoms with Crippen LogP contribution in [0, 0.1) is 5.92 Å². The van der Waals surface area contributed by atoms with E-state index in [0.717, 1.165) is 28.1 Å². The van der Waals surface area contributed by atoms with E-state index in [1.54, 1.807) is 0 Å². The molecule has 0 bridgehead atoms. The zero-order chi connectivity index (χ0) is 31.1. The Morgan fingerprint density at radius 1 is 0.574 bits per heavy atom. The highest BCUT2D eigenvalue weighted by molar-refractivity contribution is 9.10. The lowest BCUT2D eigenvalue weighted by molar-refractivity contribution is 0.465. The maximum Gasteiger partial charge on any atom is 0.145 e. The van der Waals surface area contributed by atoms with E-state index >= 15 is 0 Å². The smallest absolute Gasteiger partial charge is 0.145 e. The highest BCUT2D eigenvalue weighted by Gasteiger charge is 2.57. The molecular formula is C44H29BrN2. The summed E-state index contributed by atoms with van der Waals surface area (Å²) in [6.07, 6.45) is 9.31. The molecule has 0 saturated heterocycles. The van der Waals surface area contributed by atoms with E-state index in [-0.39, 0.29) is 5.41 Å². The second-order valence-corrected chi connectivity index (χ2v) is 13.6. The van der Waals surface area contributed by atoms with Crippen molar-refractivity contribution in [3.8, 4) is 39.3 Å². The Labute approximate surface area is 282 Å². The number of hydrogen-bond acceptors (Lipinski definition) is 1. The lowest BCUT2D eigenvalue weighted by Crippen LogP contribution is -2.32. The summed E-state index contributed by atoms with van der Waals surface area (Å²) >= 11 is 3.96.